The third-order valence-corrected chi connectivity index (χ3v) is 3.66. The van der Waals surface area contributed by atoms with E-state index in [-0.39, 0.29) is 5.41 Å². The summed E-state index contributed by atoms with van der Waals surface area (Å²) in [5.41, 5.74) is 2.55. The minimum absolute atomic E-state index is 0.0701. The molecule has 1 heterocycles. The number of nitrogens with one attached hydrogen (secondary N) is 1. The molecule has 0 aliphatic carbocycles. The van der Waals surface area contributed by atoms with Crippen molar-refractivity contribution in [1.29, 1.82) is 0 Å². The molecule has 0 atom stereocenters. The number of hydrogen-bond acceptors (Lipinski definition) is 3. The fourth-order valence-electron chi connectivity index (χ4n) is 2.01. The van der Waals surface area contributed by atoms with Gasteiger partial charge in [-0.1, -0.05) is 34.6 Å². The smallest absolute Gasteiger partial charge is 0.129 e. The van der Waals surface area contributed by atoms with Crippen molar-refractivity contribution in [3.63, 3.8) is 0 Å². The molecule has 0 saturated heterocycles. The maximum atomic E-state index is 4.87. The second kappa shape index (κ2) is 7.26. The van der Waals surface area contributed by atoms with E-state index in [1.807, 2.05) is 0 Å². The van der Waals surface area contributed by atoms with Crippen LogP contribution in [0.15, 0.2) is 12.1 Å². The molecule has 0 spiro atoms. The van der Waals surface area contributed by atoms with E-state index in [4.69, 9.17) is 4.98 Å². The van der Waals surface area contributed by atoms with Crippen molar-refractivity contribution in [2.75, 3.05) is 18.5 Å². The largest absolute Gasteiger partial charge is 0.357 e. The van der Waals surface area contributed by atoms with Gasteiger partial charge in [-0.25, -0.2) is 4.98 Å². The maximum Gasteiger partial charge on any atom is 0.129 e. The van der Waals surface area contributed by atoms with Gasteiger partial charge in [0.25, 0.3) is 0 Å². The highest BCUT2D eigenvalue weighted by Crippen LogP contribution is 2.25. The molecule has 0 aliphatic rings. The van der Waals surface area contributed by atoms with E-state index >= 15 is 0 Å². The quantitative estimate of drug-likeness (QED) is 0.859. The van der Waals surface area contributed by atoms with Crippen molar-refractivity contribution in [3.8, 4) is 0 Å². The average molecular weight is 291 g/mol. The second-order valence-electron chi connectivity index (χ2n) is 7.70. The summed E-state index contributed by atoms with van der Waals surface area (Å²) >= 11 is 0. The van der Waals surface area contributed by atoms with Crippen molar-refractivity contribution < 1.29 is 0 Å². The lowest BCUT2D eigenvalue weighted by molar-refractivity contribution is 0.546. The Morgan fingerprint density at radius 2 is 1.76 bits per heavy atom. The second-order valence-corrected chi connectivity index (χ2v) is 7.70. The molecular weight excluding hydrogens is 258 g/mol. The van der Waals surface area contributed by atoms with Crippen molar-refractivity contribution in [2.45, 2.75) is 66.5 Å². The molecule has 1 rings (SSSR count). The van der Waals surface area contributed by atoms with Gasteiger partial charge in [0, 0.05) is 30.7 Å². The van der Waals surface area contributed by atoms with Crippen LogP contribution in [-0.4, -0.2) is 24.6 Å². The SMILES string of the molecule is CC(C)CNCc1cc(N(C)C(C)C)nc(C(C)(C)C)c1. The Hall–Kier alpha value is -1.09. The van der Waals surface area contributed by atoms with Crippen LogP contribution in [0.4, 0.5) is 5.82 Å². The summed E-state index contributed by atoms with van der Waals surface area (Å²) < 4.78 is 0. The van der Waals surface area contributed by atoms with E-state index < -0.39 is 0 Å². The summed E-state index contributed by atoms with van der Waals surface area (Å²) in [5.74, 6) is 1.74. The van der Waals surface area contributed by atoms with Gasteiger partial charge >= 0.3 is 0 Å². The van der Waals surface area contributed by atoms with E-state index in [2.05, 4.69) is 77.9 Å². The van der Waals surface area contributed by atoms with Crippen LogP contribution in [0.25, 0.3) is 0 Å². The van der Waals surface area contributed by atoms with Gasteiger partial charge in [-0.3, -0.25) is 0 Å². The molecule has 1 aromatic rings. The lowest BCUT2D eigenvalue weighted by Gasteiger charge is -2.26. The van der Waals surface area contributed by atoms with Crippen LogP contribution >= 0.6 is 0 Å². The lowest BCUT2D eigenvalue weighted by Crippen LogP contribution is -2.28. The molecule has 0 aliphatic heterocycles. The zero-order valence-corrected chi connectivity index (χ0v) is 15.1. The summed E-state index contributed by atoms with van der Waals surface area (Å²) in [6.07, 6.45) is 0. The number of anilines is 1. The van der Waals surface area contributed by atoms with Gasteiger partial charge in [0.1, 0.15) is 5.82 Å². The Morgan fingerprint density at radius 3 is 2.24 bits per heavy atom. The first-order chi connectivity index (χ1) is 9.61. The number of hydrogen-bond donors (Lipinski definition) is 1. The first-order valence-corrected chi connectivity index (χ1v) is 8.06. The molecule has 0 fully saturated rings. The Labute approximate surface area is 131 Å². The fraction of sp³-hybridized carbons (Fsp3) is 0.722. The minimum Gasteiger partial charge on any atom is -0.357 e. The Bertz CT molecular complexity index is 444. The molecule has 120 valence electrons. The Kier molecular flexibility index (Phi) is 6.21. The molecule has 3 nitrogen and oxygen atoms in total. The standard InChI is InChI=1S/C18H33N3/c1-13(2)11-19-12-15-9-16(18(5,6)7)20-17(10-15)21(8)14(3)4/h9-10,13-14,19H,11-12H2,1-8H3. The zero-order chi connectivity index (χ0) is 16.2. The average Bonchev–Trinajstić information content (AvgIpc) is 2.35. The normalized spacial score (nSPS) is 12.3. The summed E-state index contributed by atoms with van der Waals surface area (Å²) in [7, 11) is 2.12. The van der Waals surface area contributed by atoms with Crippen molar-refractivity contribution in [1.82, 2.24) is 10.3 Å². The highest BCUT2D eigenvalue weighted by Gasteiger charge is 2.18. The predicted octanol–water partition coefficient (Wildman–Crippen LogP) is 3.97. The van der Waals surface area contributed by atoms with Gasteiger partial charge in [0.05, 0.1) is 0 Å². The number of pyridine rings is 1. The highest BCUT2D eigenvalue weighted by atomic mass is 15.2. The van der Waals surface area contributed by atoms with Crippen LogP contribution in [0.3, 0.4) is 0 Å². The van der Waals surface area contributed by atoms with Crippen molar-refractivity contribution in [2.24, 2.45) is 5.92 Å². The molecule has 21 heavy (non-hydrogen) atoms. The minimum atomic E-state index is 0.0701. The highest BCUT2D eigenvalue weighted by molar-refractivity contribution is 5.44. The van der Waals surface area contributed by atoms with Crippen molar-refractivity contribution in [3.05, 3.63) is 23.4 Å². The van der Waals surface area contributed by atoms with Gasteiger partial charge in [-0.2, -0.15) is 0 Å². The molecule has 3 heteroatoms. The number of rotatable bonds is 6. The fourth-order valence-corrected chi connectivity index (χ4v) is 2.01. The van der Waals surface area contributed by atoms with Crippen LogP contribution in [0, 0.1) is 5.92 Å². The summed E-state index contributed by atoms with van der Waals surface area (Å²) in [6.45, 7) is 17.5. The van der Waals surface area contributed by atoms with Gasteiger partial charge in [-0.15, -0.1) is 0 Å². The van der Waals surface area contributed by atoms with Gasteiger partial charge < -0.3 is 10.2 Å². The molecule has 1 aromatic heterocycles. The third-order valence-electron chi connectivity index (χ3n) is 3.66. The topological polar surface area (TPSA) is 28.2 Å². The molecule has 0 aromatic carbocycles. The van der Waals surface area contributed by atoms with Crippen LogP contribution in [0.5, 0.6) is 0 Å². The lowest BCUT2D eigenvalue weighted by atomic mass is 9.90. The van der Waals surface area contributed by atoms with E-state index in [9.17, 15) is 0 Å². The molecule has 0 unspecified atom stereocenters. The van der Waals surface area contributed by atoms with Crippen LogP contribution in [0.1, 0.15) is 59.7 Å². The molecule has 0 saturated carbocycles. The molecule has 0 amide bonds. The van der Waals surface area contributed by atoms with Crippen LogP contribution < -0.4 is 10.2 Å². The first-order valence-electron chi connectivity index (χ1n) is 8.06. The molecule has 0 radical (unpaired) electrons. The van der Waals surface area contributed by atoms with E-state index in [0.717, 1.165) is 24.6 Å². The van der Waals surface area contributed by atoms with E-state index in [1.54, 1.807) is 0 Å². The molecular formula is C18H33N3. The Balaban J connectivity index is 3.04. The summed E-state index contributed by atoms with van der Waals surface area (Å²) in [4.78, 5) is 7.10. The Morgan fingerprint density at radius 1 is 1.14 bits per heavy atom. The maximum absolute atomic E-state index is 4.87. The van der Waals surface area contributed by atoms with E-state index in [0.29, 0.717) is 12.0 Å². The summed E-state index contributed by atoms with van der Waals surface area (Å²) in [5, 5.41) is 3.53. The monoisotopic (exact) mass is 291 g/mol. The van der Waals surface area contributed by atoms with Gasteiger partial charge in [0.15, 0.2) is 0 Å². The molecule has 1 N–H and O–H groups in total. The predicted molar refractivity (Wildman–Crippen MR) is 93.0 cm³/mol. The van der Waals surface area contributed by atoms with Crippen LogP contribution in [0.2, 0.25) is 0 Å². The third kappa shape index (κ3) is 5.66. The first kappa shape index (κ1) is 18.0. The summed E-state index contributed by atoms with van der Waals surface area (Å²) in [6, 6.07) is 4.90. The van der Waals surface area contributed by atoms with Crippen molar-refractivity contribution >= 4 is 5.82 Å². The number of aromatic nitrogens is 1. The van der Waals surface area contributed by atoms with Crippen LogP contribution in [-0.2, 0) is 12.0 Å². The van der Waals surface area contributed by atoms with E-state index in [1.165, 1.54) is 5.56 Å². The zero-order valence-electron chi connectivity index (χ0n) is 15.1. The van der Waals surface area contributed by atoms with Gasteiger partial charge in [-0.05, 0) is 44.0 Å². The molecule has 0 bridgehead atoms. The van der Waals surface area contributed by atoms with Gasteiger partial charge in [0.2, 0.25) is 0 Å². The number of nitrogens with zero attached hydrogens (tertiary/aromatic N) is 2.